The zero-order chi connectivity index (χ0) is 53.8. The van der Waals surface area contributed by atoms with Crippen molar-refractivity contribution in [3.63, 3.8) is 0 Å². The van der Waals surface area contributed by atoms with Gasteiger partial charge in [-0.15, -0.1) is 0 Å². The lowest BCUT2D eigenvalue weighted by molar-refractivity contribution is 0.461. The number of benzene rings is 12. The van der Waals surface area contributed by atoms with Gasteiger partial charge in [0.05, 0.1) is 27.6 Å². The van der Waals surface area contributed by atoms with Gasteiger partial charge in [-0.1, -0.05) is 170 Å². The normalized spacial score (nSPS) is 11.5. The number of aromatic nitrogens is 2. The Morgan fingerprint density at radius 2 is 0.550 bits per heavy atom. The van der Waals surface area contributed by atoms with E-state index in [1.165, 1.54) is 17.0 Å². The van der Waals surface area contributed by atoms with Crippen LogP contribution in [-0.4, -0.2) is 9.13 Å². The fraction of sp³-hybridized carbons (Fsp3) is 0. The lowest BCUT2D eigenvalue weighted by Crippen LogP contribution is -2.16. The summed E-state index contributed by atoms with van der Waals surface area (Å²) in [6.45, 7) is 0. The summed E-state index contributed by atoms with van der Waals surface area (Å²) in [5.41, 5.74) is 10.9. The zero-order valence-corrected chi connectivity index (χ0v) is 42.9. The smallest absolute Gasteiger partial charge is 0.186 e. The Hall–Kier alpha value is -10.4. The number of halogens is 4. The largest absolute Gasteiger partial charge is 0.310 e. The zero-order valence-electron chi connectivity index (χ0n) is 42.9. The van der Waals surface area contributed by atoms with E-state index in [1.54, 1.807) is 30.3 Å². The third-order valence-electron chi connectivity index (χ3n) is 15.2. The molecule has 0 N–H and O–H groups in total. The van der Waals surface area contributed by atoms with Crippen LogP contribution in [0.5, 0.6) is 0 Å². The van der Waals surface area contributed by atoms with Crippen molar-refractivity contribution in [2.75, 3.05) is 9.80 Å². The van der Waals surface area contributed by atoms with E-state index in [0.717, 1.165) is 88.6 Å². The van der Waals surface area contributed by atoms with Crippen LogP contribution in [0.1, 0.15) is 0 Å². The summed E-state index contributed by atoms with van der Waals surface area (Å²) >= 11 is 0. The van der Waals surface area contributed by atoms with Crippen molar-refractivity contribution < 1.29 is 17.6 Å². The molecule has 0 aliphatic heterocycles. The molecule has 0 saturated carbocycles. The van der Waals surface area contributed by atoms with Gasteiger partial charge < -0.3 is 18.9 Å². The minimum Gasteiger partial charge on any atom is -0.310 e. The molecule has 0 fully saturated rings. The lowest BCUT2D eigenvalue weighted by Gasteiger charge is -2.28. The monoisotopic (exact) mass is 1040 g/mol. The Balaban J connectivity index is 0.892. The van der Waals surface area contributed by atoms with E-state index in [0.29, 0.717) is 17.1 Å². The second-order valence-electron chi connectivity index (χ2n) is 19.8. The maximum absolute atomic E-state index is 17.5. The van der Waals surface area contributed by atoms with Crippen LogP contribution < -0.4 is 9.80 Å². The van der Waals surface area contributed by atoms with Crippen molar-refractivity contribution in [2.45, 2.75) is 0 Å². The molecule has 0 aliphatic rings. The number of hydrogen-bond donors (Lipinski definition) is 0. The van der Waals surface area contributed by atoms with Crippen LogP contribution in [-0.2, 0) is 0 Å². The molecular weight excluding hydrogens is 997 g/mol. The molecule has 0 aliphatic carbocycles. The van der Waals surface area contributed by atoms with Gasteiger partial charge in [-0.25, -0.2) is 17.6 Å². The summed E-state index contributed by atoms with van der Waals surface area (Å²) in [5, 5.41) is 3.77. The average Bonchev–Trinajstić information content (AvgIpc) is 4.08. The Morgan fingerprint density at radius 3 is 0.975 bits per heavy atom. The molecule has 0 spiro atoms. The van der Waals surface area contributed by atoms with Gasteiger partial charge in [-0.2, -0.15) is 0 Å². The number of para-hydroxylation sites is 4. The fourth-order valence-corrected chi connectivity index (χ4v) is 11.5. The number of rotatable bonds is 11. The highest BCUT2D eigenvalue weighted by Crippen LogP contribution is 2.47. The van der Waals surface area contributed by atoms with Crippen molar-refractivity contribution >= 4 is 77.7 Å². The van der Waals surface area contributed by atoms with E-state index >= 15 is 17.6 Å². The highest BCUT2D eigenvalue weighted by Gasteiger charge is 2.32. The number of fused-ring (bicyclic) bond motifs is 6. The number of hydrogen-bond acceptors (Lipinski definition) is 2. The molecule has 8 heteroatoms. The molecule has 0 atom stereocenters. The van der Waals surface area contributed by atoms with Crippen LogP contribution in [0.25, 0.3) is 88.4 Å². The van der Waals surface area contributed by atoms with Gasteiger partial charge in [0, 0.05) is 61.4 Å². The molecule has 2 aromatic heterocycles. The van der Waals surface area contributed by atoms with Crippen LogP contribution in [0, 0.1) is 23.3 Å². The highest BCUT2D eigenvalue weighted by atomic mass is 19.2. The third kappa shape index (κ3) is 8.16. The van der Waals surface area contributed by atoms with E-state index in [9.17, 15) is 0 Å². The first-order valence-electron chi connectivity index (χ1n) is 26.4. The summed E-state index contributed by atoms with van der Waals surface area (Å²) in [6.07, 6.45) is 0. The molecule has 0 bridgehead atoms. The first-order chi connectivity index (χ1) is 39.4. The molecule has 2 heterocycles. The fourth-order valence-electron chi connectivity index (χ4n) is 11.5. The molecule has 14 aromatic rings. The molecule has 0 unspecified atom stereocenters. The Morgan fingerprint density at radius 1 is 0.237 bits per heavy atom. The van der Waals surface area contributed by atoms with Crippen LogP contribution in [0.2, 0.25) is 0 Å². The molecule has 4 nitrogen and oxygen atoms in total. The maximum Gasteiger partial charge on any atom is 0.186 e. The average molecular weight is 1040 g/mol. The quantitative estimate of drug-likeness (QED) is 0.0948. The summed E-state index contributed by atoms with van der Waals surface area (Å²) < 4.78 is 73.8. The highest BCUT2D eigenvalue weighted by molar-refractivity contribution is 6.12. The molecule has 382 valence electrons. The van der Waals surface area contributed by atoms with Crippen molar-refractivity contribution in [3.05, 3.63) is 302 Å². The van der Waals surface area contributed by atoms with Gasteiger partial charge in [0.25, 0.3) is 0 Å². The summed E-state index contributed by atoms with van der Waals surface area (Å²) in [7, 11) is 0. The Kier molecular flexibility index (Phi) is 11.9. The van der Waals surface area contributed by atoms with E-state index in [-0.39, 0.29) is 5.56 Å². The first-order valence-corrected chi connectivity index (χ1v) is 26.4. The summed E-state index contributed by atoms with van der Waals surface area (Å²) in [5.74, 6) is -6.11. The van der Waals surface area contributed by atoms with Crippen molar-refractivity contribution in [2.24, 2.45) is 0 Å². The number of anilines is 6. The van der Waals surface area contributed by atoms with Crippen LogP contribution in [0.3, 0.4) is 0 Å². The lowest BCUT2D eigenvalue weighted by atomic mass is 10.0. The van der Waals surface area contributed by atoms with Gasteiger partial charge >= 0.3 is 0 Å². The van der Waals surface area contributed by atoms with Crippen molar-refractivity contribution in [1.29, 1.82) is 0 Å². The summed E-state index contributed by atoms with van der Waals surface area (Å²) in [6, 6.07) is 89.7. The molecular formula is C72H46F4N4. The molecule has 14 rings (SSSR count). The maximum atomic E-state index is 17.5. The van der Waals surface area contributed by atoms with Gasteiger partial charge in [0.2, 0.25) is 0 Å². The minimum atomic E-state index is -1.54. The molecule has 80 heavy (non-hydrogen) atoms. The van der Waals surface area contributed by atoms with E-state index in [4.69, 9.17) is 0 Å². The summed E-state index contributed by atoms with van der Waals surface area (Å²) in [4.78, 5) is 3.33. The molecule has 0 saturated heterocycles. The standard InChI is InChI=1S/C72H46F4N4/c73-68-67(51-33-39-55(40-34-51)77(54-35-29-49(30-36-54)47-17-5-1-6-18-47)57-41-43-65-61(45-57)59-25-13-15-27-63(59)79(65)52-21-9-3-10-22-52)69(74)71(76)72(70(68)75)78(56-37-31-50(32-38-56)48-19-7-2-8-20-48)58-42-44-66-62(46-58)60-26-14-16-28-64(60)80(66)53-23-11-4-12-24-53/h1-46H. The SMILES string of the molecule is Fc1c(F)c(N(c2ccc(-c3ccccc3)cc2)c2ccc3c(c2)c2ccccc2n3-c2ccccc2)c(F)c(F)c1-c1ccc(N(c2ccc(-c3ccccc3)cc2)c2ccc3c(c2)c2ccccc2n3-c2ccccc2)cc1. The van der Waals surface area contributed by atoms with Gasteiger partial charge in [-0.05, 0) is 137 Å². The number of nitrogens with zero attached hydrogens (tertiary/aromatic N) is 4. The van der Waals surface area contributed by atoms with E-state index in [2.05, 4.69) is 80.8 Å². The first kappa shape index (κ1) is 48.0. The molecule has 12 aromatic carbocycles. The topological polar surface area (TPSA) is 16.3 Å². The third-order valence-corrected chi connectivity index (χ3v) is 15.2. The van der Waals surface area contributed by atoms with Gasteiger partial charge in [-0.3, -0.25) is 0 Å². The second kappa shape index (κ2) is 19.8. The Labute approximate surface area is 459 Å². The minimum absolute atomic E-state index is 0.0391. The van der Waals surface area contributed by atoms with Gasteiger partial charge in [0.1, 0.15) is 5.69 Å². The van der Waals surface area contributed by atoms with E-state index in [1.807, 2.05) is 170 Å². The molecule has 0 radical (unpaired) electrons. The van der Waals surface area contributed by atoms with Crippen LogP contribution >= 0.6 is 0 Å². The van der Waals surface area contributed by atoms with Crippen LogP contribution in [0.15, 0.2) is 279 Å². The van der Waals surface area contributed by atoms with Crippen molar-refractivity contribution in [1.82, 2.24) is 9.13 Å². The van der Waals surface area contributed by atoms with Gasteiger partial charge in [0.15, 0.2) is 23.3 Å². The van der Waals surface area contributed by atoms with Crippen LogP contribution in [0.4, 0.5) is 51.7 Å². The molecule has 0 amide bonds. The Bertz CT molecular complexity index is 4570. The predicted octanol–water partition coefficient (Wildman–Crippen LogP) is 20.4. The second-order valence-corrected chi connectivity index (χ2v) is 19.8. The van der Waals surface area contributed by atoms with Crippen molar-refractivity contribution in [3.8, 4) is 44.8 Å². The predicted molar refractivity (Wildman–Crippen MR) is 321 cm³/mol. The van der Waals surface area contributed by atoms with E-state index < -0.39 is 34.5 Å².